The van der Waals surface area contributed by atoms with Gasteiger partial charge in [0.15, 0.2) is 0 Å². The third kappa shape index (κ3) is 4.89. The number of aliphatic hydroxyl groups excluding tert-OH is 1. The lowest BCUT2D eigenvalue weighted by molar-refractivity contribution is -0.274. The van der Waals surface area contributed by atoms with Crippen LogP contribution in [-0.4, -0.2) is 38.9 Å². The first-order valence-electron chi connectivity index (χ1n) is 9.45. The molecule has 0 aliphatic carbocycles. The van der Waals surface area contributed by atoms with Crippen LogP contribution in [0.15, 0.2) is 41.8 Å². The molecule has 0 spiro atoms. The van der Waals surface area contributed by atoms with E-state index in [2.05, 4.69) is 25.0 Å². The predicted molar refractivity (Wildman–Crippen MR) is 114 cm³/mol. The van der Waals surface area contributed by atoms with Gasteiger partial charge in [0.1, 0.15) is 16.5 Å². The van der Waals surface area contributed by atoms with Crippen LogP contribution in [0.1, 0.15) is 21.6 Å². The van der Waals surface area contributed by atoms with Crippen molar-refractivity contribution in [3.05, 3.63) is 58.6 Å². The number of hydrogen-bond donors (Lipinski definition) is 3. The third-order valence-electron chi connectivity index (χ3n) is 4.63. The Morgan fingerprint density at radius 2 is 2.03 bits per heavy atom. The predicted octanol–water partition coefficient (Wildman–Crippen LogP) is 4.68. The zero-order valence-corrected chi connectivity index (χ0v) is 17.5. The number of nitrogens with one attached hydrogen (secondary N) is 2. The molecule has 0 aliphatic heterocycles. The average molecular weight is 462 g/mol. The highest BCUT2D eigenvalue weighted by Crippen LogP contribution is 2.28. The molecule has 0 unspecified atom stereocenters. The van der Waals surface area contributed by atoms with E-state index in [4.69, 9.17) is 0 Å². The molecule has 2 aromatic carbocycles. The highest BCUT2D eigenvalue weighted by molar-refractivity contribution is 7.13. The number of aromatic nitrogens is 3. The molecule has 0 radical (unpaired) electrons. The second kappa shape index (κ2) is 8.60. The fourth-order valence-electron chi connectivity index (χ4n) is 3.12. The lowest BCUT2D eigenvalue weighted by Gasteiger charge is -2.07. The number of alkyl halides is 3. The lowest BCUT2D eigenvalue weighted by atomic mass is 10.0. The Labute approximate surface area is 183 Å². The number of H-pyrrole nitrogens is 1. The van der Waals surface area contributed by atoms with Crippen molar-refractivity contribution in [1.29, 1.82) is 0 Å². The van der Waals surface area contributed by atoms with Gasteiger partial charge in [0.2, 0.25) is 5.95 Å². The van der Waals surface area contributed by atoms with Crippen LogP contribution < -0.4 is 10.1 Å². The quantitative estimate of drug-likeness (QED) is 0.386. The van der Waals surface area contributed by atoms with Crippen LogP contribution in [0.2, 0.25) is 0 Å². The van der Waals surface area contributed by atoms with Gasteiger partial charge >= 0.3 is 6.36 Å². The molecule has 0 saturated heterocycles. The van der Waals surface area contributed by atoms with Gasteiger partial charge in [0, 0.05) is 23.6 Å². The van der Waals surface area contributed by atoms with Crippen molar-refractivity contribution < 1.29 is 27.8 Å². The molecular weight excluding hydrogens is 445 g/mol. The van der Waals surface area contributed by atoms with Crippen molar-refractivity contribution in [3.63, 3.8) is 0 Å². The summed E-state index contributed by atoms with van der Waals surface area (Å²) in [7, 11) is 0. The second-order valence-electron chi connectivity index (χ2n) is 6.92. The number of aryl methyl sites for hydroxylation is 1. The molecule has 166 valence electrons. The van der Waals surface area contributed by atoms with E-state index in [1.165, 1.54) is 17.4 Å². The number of imidazole rings is 1. The molecule has 0 aliphatic rings. The van der Waals surface area contributed by atoms with E-state index in [0.29, 0.717) is 16.9 Å². The van der Waals surface area contributed by atoms with Crippen molar-refractivity contribution in [3.8, 4) is 16.3 Å². The first-order chi connectivity index (χ1) is 15.2. The first kappa shape index (κ1) is 21.8. The van der Waals surface area contributed by atoms with E-state index in [0.717, 1.165) is 28.8 Å². The fourth-order valence-corrected chi connectivity index (χ4v) is 3.92. The van der Waals surface area contributed by atoms with Crippen molar-refractivity contribution in [2.75, 3.05) is 11.9 Å². The average Bonchev–Trinajstić information content (AvgIpc) is 3.35. The molecule has 4 aromatic rings. The Bertz CT molecular complexity index is 1280. The second-order valence-corrected chi connectivity index (χ2v) is 7.78. The standard InChI is InChI=1S/C21H17F3N4O3S/c1-11-2-3-13(8-12(11)6-7-29)19-25-17(10-32-19)18(30)28-20-26-15-5-4-14(9-16(15)27-20)31-21(22,23)24/h2-5,8-10,29H,6-7H2,1H3,(H2,26,27,28,30). The number of aromatic amines is 1. The lowest BCUT2D eigenvalue weighted by Crippen LogP contribution is -2.16. The van der Waals surface area contributed by atoms with Gasteiger partial charge in [-0.15, -0.1) is 24.5 Å². The van der Waals surface area contributed by atoms with E-state index in [9.17, 15) is 23.1 Å². The molecule has 32 heavy (non-hydrogen) atoms. The van der Waals surface area contributed by atoms with E-state index < -0.39 is 18.0 Å². The summed E-state index contributed by atoms with van der Waals surface area (Å²) in [6, 6.07) is 9.41. The van der Waals surface area contributed by atoms with Crippen LogP contribution in [0.25, 0.3) is 21.6 Å². The van der Waals surface area contributed by atoms with Crippen LogP contribution in [0.5, 0.6) is 5.75 Å². The minimum absolute atomic E-state index is 0.0388. The number of nitrogens with zero attached hydrogens (tertiary/aromatic N) is 2. The number of carbonyl (C=O) groups is 1. The number of amides is 1. The molecule has 4 rings (SSSR count). The Kier molecular flexibility index (Phi) is 5.85. The van der Waals surface area contributed by atoms with Crippen LogP contribution in [0.3, 0.4) is 0 Å². The molecule has 2 heterocycles. The monoisotopic (exact) mass is 462 g/mol. The minimum Gasteiger partial charge on any atom is -0.406 e. The maximum Gasteiger partial charge on any atom is 0.573 e. The van der Waals surface area contributed by atoms with Crippen LogP contribution >= 0.6 is 11.3 Å². The summed E-state index contributed by atoms with van der Waals surface area (Å²) in [5.41, 5.74) is 3.72. The van der Waals surface area contributed by atoms with Crippen LogP contribution in [-0.2, 0) is 6.42 Å². The normalized spacial score (nSPS) is 11.7. The molecule has 7 nitrogen and oxygen atoms in total. The van der Waals surface area contributed by atoms with Gasteiger partial charge in [0.25, 0.3) is 5.91 Å². The molecular formula is C21H17F3N4O3S. The number of anilines is 1. The zero-order valence-electron chi connectivity index (χ0n) is 16.7. The number of halogens is 3. The summed E-state index contributed by atoms with van der Waals surface area (Å²) in [6.45, 7) is 2.00. The molecule has 0 atom stereocenters. The van der Waals surface area contributed by atoms with Gasteiger partial charge < -0.3 is 14.8 Å². The summed E-state index contributed by atoms with van der Waals surface area (Å²) in [5, 5.41) is 14.0. The summed E-state index contributed by atoms with van der Waals surface area (Å²) < 4.78 is 41.1. The SMILES string of the molecule is Cc1ccc(-c2nc(C(=O)Nc3nc4ccc(OC(F)(F)F)cc4[nH]3)cs2)cc1CCO. The number of benzene rings is 2. The van der Waals surface area contributed by atoms with Crippen LogP contribution in [0.4, 0.5) is 19.1 Å². The number of aliphatic hydroxyl groups is 1. The highest BCUT2D eigenvalue weighted by Gasteiger charge is 2.31. The van der Waals surface area contributed by atoms with E-state index in [-0.39, 0.29) is 23.8 Å². The molecule has 0 fully saturated rings. The molecule has 0 saturated carbocycles. The van der Waals surface area contributed by atoms with Gasteiger partial charge in [0.05, 0.1) is 11.0 Å². The number of ether oxygens (including phenoxy) is 1. The van der Waals surface area contributed by atoms with Crippen molar-refractivity contribution in [1.82, 2.24) is 15.0 Å². The van der Waals surface area contributed by atoms with Gasteiger partial charge in [-0.3, -0.25) is 10.1 Å². The van der Waals surface area contributed by atoms with E-state index in [1.54, 1.807) is 5.38 Å². The number of rotatable bonds is 6. The Hall–Kier alpha value is -3.44. The zero-order chi connectivity index (χ0) is 22.9. The summed E-state index contributed by atoms with van der Waals surface area (Å²) in [6.07, 6.45) is -4.27. The number of carbonyl (C=O) groups excluding carboxylic acids is 1. The molecule has 1 amide bonds. The largest absolute Gasteiger partial charge is 0.573 e. The van der Waals surface area contributed by atoms with Gasteiger partial charge in [-0.25, -0.2) is 9.97 Å². The summed E-state index contributed by atoms with van der Waals surface area (Å²) in [4.78, 5) is 23.9. The molecule has 0 bridgehead atoms. The van der Waals surface area contributed by atoms with Crippen molar-refractivity contribution >= 4 is 34.2 Å². The third-order valence-corrected chi connectivity index (χ3v) is 5.52. The number of fused-ring (bicyclic) bond motifs is 1. The van der Waals surface area contributed by atoms with Crippen molar-refractivity contribution in [2.45, 2.75) is 19.7 Å². The fraction of sp³-hybridized carbons (Fsp3) is 0.190. The minimum atomic E-state index is -4.80. The van der Waals surface area contributed by atoms with Gasteiger partial charge in [-0.2, -0.15) is 0 Å². The first-order valence-corrected chi connectivity index (χ1v) is 10.3. The topological polar surface area (TPSA) is 100 Å². The van der Waals surface area contributed by atoms with Crippen LogP contribution in [0, 0.1) is 6.92 Å². The van der Waals surface area contributed by atoms with Gasteiger partial charge in [-0.1, -0.05) is 12.1 Å². The van der Waals surface area contributed by atoms with E-state index >= 15 is 0 Å². The van der Waals surface area contributed by atoms with Crippen molar-refractivity contribution in [2.24, 2.45) is 0 Å². The Morgan fingerprint density at radius 1 is 1.22 bits per heavy atom. The summed E-state index contributed by atoms with van der Waals surface area (Å²) >= 11 is 1.30. The molecule has 3 N–H and O–H groups in total. The summed E-state index contributed by atoms with van der Waals surface area (Å²) in [5.74, 6) is -0.834. The Balaban J connectivity index is 1.51. The number of thiazole rings is 1. The molecule has 2 aromatic heterocycles. The van der Waals surface area contributed by atoms with E-state index in [1.807, 2.05) is 25.1 Å². The maximum atomic E-state index is 12.6. The van der Waals surface area contributed by atoms with Gasteiger partial charge in [-0.05, 0) is 42.7 Å². The number of hydrogen-bond acceptors (Lipinski definition) is 6. The smallest absolute Gasteiger partial charge is 0.406 e. The Morgan fingerprint density at radius 3 is 2.78 bits per heavy atom. The molecule has 11 heteroatoms. The maximum absolute atomic E-state index is 12.6. The highest BCUT2D eigenvalue weighted by atomic mass is 32.1.